The third kappa shape index (κ3) is 67.2. The molecule has 476 valence electrons. The Morgan fingerprint density at radius 1 is 0.200 bits per heavy atom. The highest BCUT2D eigenvalue weighted by molar-refractivity contribution is 5.71. The third-order valence-corrected chi connectivity index (χ3v) is 17.4. The molecular weight excluding hydrogens is 985 g/mol. The standard InChI is InChI=1S/C74H144O6/c1-4-7-10-13-16-18-20-22-24-26-28-30-32-34-36-37-38-40-41-43-45-47-49-51-53-55-58-61-64-67-73(76)79-70-71(69-78-72(75)66-63-60-57-15-12-9-6-3)80-74(77)68-65-62-59-56-54-52-50-48-46-44-42-39-35-33-31-29-27-25-23-21-19-17-14-11-8-5-2/h71H,4-70H2,1-3H3. The molecule has 0 saturated heterocycles. The van der Waals surface area contributed by atoms with Crippen LogP contribution in [-0.2, 0) is 28.6 Å². The average molecular weight is 1130 g/mol. The van der Waals surface area contributed by atoms with Crippen LogP contribution in [0, 0.1) is 0 Å². The predicted molar refractivity (Wildman–Crippen MR) is 349 cm³/mol. The maximum Gasteiger partial charge on any atom is 0.306 e. The lowest BCUT2D eigenvalue weighted by Crippen LogP contribution is -2.30. The summed E-state index contributed by atoms with van der Waals surface area (Å²) in [5, 5.41) is 0. The molecule has 6 heteroatoms. The first-order chi connectivity index (χ1) is 39.5. The lowest BCUT2D eigenvalue weighted by atomic mass is 10.0. The van der Waals surface area contributed by atoms with E-state index < -0.39 is 6.10 Å². The number of ether oxygens (including phenoxy) is 3. The quantitative estimate of drug-likeness (QED) is 0.0343. The number of rotatable bonds is 70. The summed E-state index contributed by atoms with van der Waals surface area (Å²) in [5.41, 5.74) is 0. The third-order valence-electron chi connectivity index (χ3n) is 17.4. The zero-order valence-corrected chi connectivity index (χ0v) is 54.9. The van der Waals surface area contributed by atoms with E-state index in [1.54, 1.807) is 0 Å². The summed E-state index contributed by atoms with van der Waals surface area (Å²) in [6.45, 7) is 6.70. The molecule has 1 unspecified atom stereocenters. The van der Waals surface area contributed by atoms with E-state index in [1.165, 1.54) is 340 Å². The van der Waals surface area contributed by atoms with Crippen LogP contribution in [0.1, 0.15) is 438 Å². The van der Waals surface area contributed by atoms with E-state index in [0.29, 0.717) is 19.3 Å². The highest BCUT2D eigenvalue weighted by Gasteiger charge is 2.20. The highest BCUT2D eigenvalue weighted by Crippen LogP contribution is 2.20. The van der Waals surface area contributed by atoms with Crippen molar-refractivity contribution in [1.82, 2.24) is 0 Å². The Kier molecular flexibility index (Phi) is 68.5. The summed E-state index contributed by atoms with van der Waals surface area (Å²) in [6.07, 6.45) is 83.3. The summed E-state index contributed by atoms with van der Waals surface area (Å²) in [5.74, 6) is -0.831. The van der Waals surface area contributed by atoms with Gasteiger partial charge in [-0.15, -0.1) is 0 Å². The Morgan fingerprint density at radius 2 is 0.338 bits per heavy atom. The summed E-state index contributed by atoms with van der Waals surface area (Å²) in [6, 6.07) is 0. The zero-order chi connectivity index (χ0) is 57.8. The van der Waals surface area contributed by atoms with Gasteiger partial charge >= 0.3 is 17.9 Å². The van der Waals surface area contributed by atoms with Gasteiger partial charge in [0.05, 0.1) is 0 Å². The van der Waals surface area contributed by atoms with Crippen molar-refractivity contribution < 1.29 is 28.6 Å². The van der Waals surface area contributed by atoms with Gasteiger partial charge < -0.3 is 14.2 Å². The molecule has 0 fully saturated rings. The maximum atomic E-state index is 12.9. The van der Waals surface area contributed by atoms with Crippen molar-refractivity contribution >= 4 is 17.9 Å². The van der Waals surface area contributed by atoms with Crippen molar-refractivity contribution in [2.45, 2.75) is 444 Å². The Morgan fingerprint density at radius 3 is 0.500 bits per heavy atom. The molecule has 0 saturated carbocycles. The molecule has 0 rings (SSSR count). The van der Waals surface area contributed by atoms with E-state index in [2.05, 4.69) is 20.8 Å². The largest absolute Gasteiger partial charge is 0.462 e. The van der Waals surface area contributed by atoms with Gasteiger partial charge in [0.1, 0.15) is 13.2 Å². The molecule has 0 aliphatic carbocycles. The summed E-state index contributed by atoms with van der Waals surface area (Å²) in [4.78, 5) is 38.2. The van der Waals surface area contributed by atoms with Gasteiger partial charge in [-0.3, -0.25) is 14.4 Å². The number of hydrogen-bond donors (Lipinski definition) is 0. The fourth-order valence-corrected chi connectivity index (χ4v) is 11.8. The molecular formula is C74H144O6. The minimum Gasteiger partial charge on any atom is -0.462 e. The predicted octanol–water partition coefficient (Wildman–Crippen LogP) is 25.4. The Balaban J connectivity index is 3.96. The van der Waals surface area contributed by atoms with Gasteiger partial charge in [0, 0.05) is 19.3 Å². The number of esters is 3. The van der Waals surface area contributed by atoms with Crippen LogP contribution < -0.4 is 0 Å². The molecule has 0 heterocycles. The Hall–Kier alpha value is -1.59. The molecule has 0 aliphatic rings. The fourth-order valence-electron chi connectivity index (χ4n) is 11.8. The fraction of sp³-hybridized carbons (Fsp3) is 0.959. The van der Waals surface area contributed by atoms with Crippen LogP contribution in [0.4, 0.5) is 0 Å². The van der Waals surface area contributed by atoms with Crippen molar-refractivity contribution in [2.75, 3.05) is 13.2 Å². The topological polar surface area (TPSA) is 78.9 Å². The molecule has 0 amide bonds. The van der Waals surface area contributed by atoms with Gasteiger partial charge in [-0.25, -0.2) is 0 Å². The van der Waals surface area contributed by atoms with Crippen molar-refractivity contribution in [3.8, 4) is 0 Å². The van der Waals surface area contributed by atoms with E-state index >= 15 is 0 Å². The first-order valence-corrected chi connectivity index (χ1v) is 37.0. The lowest BCUT2D eigenvalue weighted by Gasteiger charge is -2.18. The molecule has 0 aromatic heterocycles. The minimum atomic E-state index is -0.762. The van der Waals surface area contributed by atoms with Crippen LogP contribution >= 0.6 is 0 Å². The molecule has 80 heavy (non-hydrogen) atoms. The smallest absolute Gasteiger partial charge is 0.306 e. The van der Waals surface area contributed by atoms with Crippen LogP contribution in [0.5, 0.6) is 0 Å². The zero-order valence-electron chi connectivity index (χ0n) is 54.9. The number of unbranched alkanes of at least 4 members (excludes halogenated alkanes) is 59. The minimum absolute atomic E-state index is 0.0612. The molecule has 6 nitrogen and oxygen atoms in total. The van der Waals surface area contributed by atoms with Gasteiger partial charge in [-0.2, -0.15) is 0 Å². The van der Waals surface area contributed by atoms with Crippen LogP contribution in [-0.4, -0.2) is 37.2 Å². The molecule has 0 bridgehead atoms. The first kappa shape index (κ1) is 78.4. The van der Waals surface area contributed by atoms with E-state index in [-0.39, 0.29) is 31.1 Å². The van der Waals surface area contributed by atoms with Crippen molar-refractivity contribution in [1.29, 1.82) is 0 Å². The molecule has 0 aromatic rings. The van der Waals surface area contributed by atoms with Crippen molar-refractivity contribution in [2.24, 2.45) is 0 Å². The molecule has 0 aromatic carbocycles. The van der Waals surface area contributed by atoms with Gasteiger partial charge in [-0.05, 0) is 19.3 Å². The van der Waals surface area contributed by atoms with Crippen LogP contribution in [0.2, 0.25) is 0 Å². The normalized spacial score (nSPS) is 11.9. The number of carbonyl (C=O) groups is 3. The second kappa shape index (κ2) is 69.9. The number of hydrogen-bond acceptors (Lipinski definition) is 6. The van der Waals surface area contributed by atoms with Crippen LogP contribution in [0.3, 0.4) is 0 Å². The van der Waals surface area contributed by atoms with Crippen molar-refractivity contribution in [3.05, 3.63) is 0 Å². The highest BCUT2D eigenvalue weighted by atomic mass is 16.6. The van der Waals surface area contributed by atoms with E-state index in [4.69, 9.17) is 14.2 Å². The SMILES string of the molecule is CCCCCCCCCCCCCCCCCCCCCCCCCCCCCCCC(=O)OCC(COC(=O)CCCCCCCCC)OC(=O)CCCCCCCCCCCCCCCCCCCCCCCCCCCC. The van der Waals surface area contributed by atoms with Crippen molar-refractivity contribution in [3.63, 3.8) is 0 Å². The first-order valence-electron chi connectivity index (χ1n) is 37.0. The summed E-state index contributed by atoms with van der Waals surface area (Å²) >= 11 is 0. The Labute approximate surface area is 501 Å². The average Bonchev–Trinajstić information content (AvgIpc) is 3.46. The molecule has 0 aliphatic heterocycles. The van der Waals surface area contributed by atoms with E-state index in [1.807, 2.05) is 0 Å². The van der Waals surface area contributed by atoms with Crippen LogP contribution in [0.25, 0.3) is 0 Å². The summed E-state index contributed by atoms with van der Waals surface area (Å²) < 4.78 is 16.9. The Bertz CT molecular complexity index is 1200. The van der Waals surface area contributed by atoms with Gasteiger partial charge in [-0.1, -0.05) is 400 Å². The molecule has 0 radical (unpaired) electrons. The van der Waals surface area contributed by atoms with Gasteiger partial charge in [0.15, 0.2) is 6.10 Å². The molecule has 0 spiro atoms. The second-order valence-corrected chi connectivity index (χ2v) is 25.6. The second-order valence-electron chi connectivity index (χ2n) is 25.6. The van der Waals surface area contributed by atoms with Gasteiger partial charge in [0.2, 0.25) is 0 Å². The summed E-state index contributed by atoms with van der Waals surface area (Å²) in [7, 11) is 0. The monoisotopic (exact) mass is 1130 g/mol. The molecule has 1 atom stereocenters. The van der Waals surface area contributed by atoms with Crippen LogP contribution in [0.15, 0.2) is 0 Å². The van der Waals surface area contributed by atoms with E-state index in [0.717, 1.165) is 57.8 Å². The molecule has 0 N–H and O–H groups in total. The van der Waals surface area contributed by atoms with E-state index in [9.17, 15) is 14.4 Å². The lowest BCUT2D eigenvalue weighted by molar-refractivity contribution is -0.167. The number of carbonyl (C=O) groups excluding carboxylic acids is 3. The van der Waals surface area contributed by atoms with Gasteiger partial charge in [0.25, 0.3) is 0 Å². The maximum absolute atomic E-state index is 12.9.